The number of hydrogen-bond donors (Lipinski definition) is 2. The normalized spacial score (nSPS) is 11.0. The van der Waals surface area contributed by atoms with Crippen molar-refractivity contribution in [1.29, 1.82) is 0 Å². The summed E-state index contributed by atoms with van der Waals surface area (Å²) in [4.78, 5) is 27.1. The molecule has 0 fully saturated rings. The molecule has 3 N–H and O–H groups in total. The minimum atomic E-state index is -0.419. The van der Waals surface area contributed by atoms with Crippen molar-refractivity contribution in [3.8, 4) is 0 Å². The van der Waals surface area contributed by atoms with Crippen molar-refractivity contribution in [2.45, 2.75) is 12.1 Å². The highest BCUT2D eigenvalue weighted by Crippen LogP contribution is 2.21. The summed E-state index contributed by atoms with van der Waals surface area (Å²) >= 11 is 1.09. The van der Waals surface area contributed by atoms with E-state index in [1.54, 1.807) is 6.20 Å². The van der Waals surface area contributed by atoms with E-state index in [2.05, 4.69) is 15.2 Å². The molecule has 2 aromatic heterocycles. The van der Waals surface area contributed by atoms with Gasteiger partial charge in [0.1, 0.15) is 5.69 Å². The highest BCUT2D eigenvalue weighted by Gasteiger charge is 2.14. The summed E-state index contributed by atoms with van der Waals surface area (Å²) in [5.41, 5.74) is 1.31. The number of nitrogens with zero attached hydrogens (tertiary/aromatic N) is 3. The van der Waals surface area contributed by atoms with Crippen LogP contribution in [0.15, 0.2) is 40.4 Å². The quantitative estimate of drug-likeness (QED) is 0.424. The molecule has 7 nitrogen and oxygen atoms in total. The molecular formula is C14H13N5O2S. The average Bonchev–Trinajstić information content (AvgIpc) is 2.96. The number of H-pyrrole nitrogens is 1. The number of aryl methyl sites for hydroxylation is 1. The molecule has 0 aliphatic heterocycles. The number of thioether (sulfide) groups is 1. The minimum Gasteiger partial charge on any atom is -0.360 e. The molecule has 0 bridgehead atoms. The van der Waals surface area contributed by atoms with Gasteiger partial charge in [0.25, 0.3) is 5.56 Å². The molecule has 2 heterocycles. The van der Waals surface area contributed by atoms with Gasteiger partial charge in [-0.3, -0.25) is 9.59 Å². The number of nitrogens with one attached hydrogen (secondary N) is 1. The van der Waals surface area contributed by atoms with E-state index in [0.717, 1.165) is 27.3 Å². The fourth-order valence-electron chi connectivity index (χ4n) is 2.08. The number of aromatic amines is 1. The largest absolute Gasteiger partial charge is 0.360 e. The molecule has 0 spiro atoms. The third-order valence-corrected chi connectivity index (χ3v) is 4.19. The van der Waals surface area contributed by atoms with Gasteiger partial charge in [0.2, 0.25) is 5.16 Å². The van der Waals surface area contributed by atoms with Gasteiger partial charge in [-0.25, -0.2) is 0 Å². The molecule has 0 aliphatic carbocycles. The molecule has 0 amide bonds. The number of nitrogen functional groups attached to an aromatic ring is 1. The first kappa shape index (κ1) is 14.3. The molecule has 0 unspecified atom stereocenters. The first-order valence-corrected chi connectivity index (χ1v) is 7.50. The molecule has 112 valence electrons. The number of nitrogens with two attached hydrogens (primary N) is 1. The number of carbonyl (C=O) groups excluding carboxylic acids is 1. The van der Waals surface area contributed by atoms with E-state index in [4.69, 9.17) is 5.84 Å². The summed E-state index contributed by atoms with van der Waals surface area (Å²) in [6.07, 6.45) is 1.68. The van der Waals surface area contributed by atoms with Crippen LogP contribution in [-0.2, 0) is 0 Å². The molecule has 3 aromatic rings. The second kappa shape index (κ2) is 5.64. The summed E-state index contributed by atoms with van der Waals surface area (Å²) in [6, 6.07) is 7.57. The van der Waals surface area contributed by atoms with Crippen LogP contribution in [0.2, 0.25) is 0 Å². The Morgan fingerprint density at radius 1 is 1.36 bits per heavy atom. The highest BCUT2D eigenvalue weighted by atomic mass is 32.2. The molecular weight excluding hydrogens is 302 g/mol. The molecule has 0 saturated carbocycles. The zero-order valence-corrected chi connectivity index (χ0v) is 12.6. The topological polar surface area (TPSA) is 107 Å². The first-order chi connectivity index (χ1) is 10.6. The molecule has 0 saturated heterocycles. The Morgan fingerprint density at radius 2 is 2.14 bits per heavy atom. The Kier molecular flexibility index (Phi) is 3.68. The Hall–Kier alpha value is -2.61. The molecule has 1 aromatic carbocycles. The van der Waals surface area contributed by atoms with Crippen molar-refractivity contribution in [2.24, 2.45) is 0 Å². The van der Waals surface area contributed by atoms with Crippen LogP contribution >= 0.6 is 11.8 Å². The second-order valence-electron chi connectivity index (χ2n) is 4.70. The van der Waals surface area contributed by atoms with E-state index in [1.807, 2.05) is 24.3 Å². The molecule has 8 heteroatoms. The second-order valence-corrected chi connectivity index (χ2v) is 5.65. The van der Waals surface area contributed by atoms with Crippen molar-refractivity contribution in [3.63, 3.8) is 0 Å². The standard InChI is InChI=1S/C14H13N5O2S/c1-8-13(21)19(15)14(18-17-8)22-7-12(20)10-6-16-11-5-3-2-4-9(10)11/h2-6,16H,7,15H2,1H3. The zero-order chi connectivity index (χ0) is 15.7. The van der Waals surface area contributed by atoms with Crippen molar-refractivity contribution < 1.29 is 4.79 Å². The summed E-state index contributed by atoms with van der Waals surface area (Å²) in [6.45, 7) is 1.53. The van der Waals surface area contributed by atoms with E-state index in [0.29, 0.717) is 5.56 Å². The lowest BCUT2D eigenvalue weighted by atomic mass is 10.1. The number of hydrogen-bond acceptors (Lipinski definition) is 6. The van der Waals surface area contributed by atoms with E-state index >= 15 is 0 Å². The van der Waals surface area contributed by atoms with Gasteiger partial charge >= 0.3 is 0 Å². The Bertz CT molecular complexity index is 915. The minimum absolute atomic E-state index is 0.0720. The van der Waals surface area contributed by atoms with Crippen LogP contribution in [0.3, 0.4) is 0 Å². The van der Waals surface area contributed by atoms with Gasteiger partial charge in [-0.2, -0.15) is 4.68 Å². The van der Waals surface area contributed by atoms with E-state index in [9.17, 15) is 9.59 Å². The summed E-state index contributed by atoms with van der Waals surface area (Å²) in [5, 5.41) is 8.65. The maximum absolute atomic E-state index is 12.3. The van der Waals surface area contributed by atoms with Crippen LogP contribution in [0.1, 0.15) is 16.1 Å². The van der Waals surface area contributed by atoms with E-state index in [-0.39, 0.29) is 22.4 Å². The third kappa shape index (κ3) is 2.48. The molecule has 22 heavy (non-hydrogen) atoms. The maximum atomic E-state index is 12.3. The van der Waals surface area contributed by atoms with Gasteiger partial charge in [-0.15, -0.1) is 10.2 Å². The van der Waals surface area contributed by atoms with Gasteiger partial charge < -0.3 is 10.8 Å². The Balaban J connectivity index is 1.81. The van der Waals surface area contributed by atoms with Gasteiger partial charge in [-0.05, 0) is 13.0 Å². The molecule has 0 atom stereocenters. The summed E-state index contributed by atoms with van der Waals surface area (Å²) in [5.74, 6) is 5.69. The molecule has 0 radical (unpaired) electrons. The lowest BCUT2D eigenvalue weighted by molar-refractivity contribution is 0.102. The number of rotatable bonds is 4. The SMILES string of the molecule is Cc1nnc(SCC(=O)c2c[nH]c3ccccc23)n(N)c1=O. The third-order valence-electron chi connectivity index (χ3n) is 3.24. The number of aromatic nitrogens is 4. The Morgan fingerprint density at radius 3 is 2.95 bits per heavy atom. The van der Waals surface area contributed by atoms with Crippen LogP contribution in [0.25, 0.3) is 10.9 Å². The summed E-state index contributed by atoms with van der Waals surface area (Å²) in [7, 11) is 0. The van der Waals surface area contributed by atoms with Crippen molar-refractivity contribution in [1.82, 2.24) is 19.9 Å². The molecule has 0 aliphatic rings. The lowest BCUT2D eigenvalue weighted by Crippen LogP contribution is -2.32. The number of fused-ring (bicyclic) bond motifs is 1. The van der Waals surface area contributed by atoms with Gasteiger partial charge in [-0.1, -0.05) is 30.0 Å². The van der Waals surface area contributed by atoms with Gasteiger partial charge in [0.05, 0.1) is 5.75 Å². The first-order valence-electron chi connectivity index (χ1n) is 6.51. The average molecular weight is 315 g/mol. The van der Waals surface area contributed by atoms with Crippen LogP contribution in [0.5, 0.6) is 0 Å². The van der Waals surface area contributed by atoms with Crippen LogP contribution in [0.4, 0.5) is 0 Å². The predicted octanol–water partition coefficient (Wildman–Crippen LogP) is 1.12. The van der Waals surface area contributed by atoms with Crippen LogP contribution in [0, 0.1) is 6.92 Å². The number of para-hydroxylation sites is 1. The monoisotopic (exact) mass is 315 g/mol. The van der Waals surface area contributed by atoms with Crippen molar-refractivity contribution >= 4 is 28.4 Å². The van der Waals surface area contributed by atoms with Gasteiger partial charge in [0, 0.05) is 22.7 Å². The number of carbonyl (C=O) groups is 1. The van der Waals surface area contributed by atoms with Crippen molar-refractivity contribution in [2.75, 3.05) is 11.6 Å². The van der Waals surface area contributed by atoms with E-state index in [1.165, 1.54) is 6.92 Å². The summed E-state index contributed by atoms with van der Waals surface area (Å²) < 4.78 is 0.912. The number of benzene rings is 1. The molecule has 3 rings (SSSR count). The fourth-order valence-corrected chi connectivity index (χ4v) is 2.81. The zero-order valence-electron chi connectivity index (χ0n) is 11.7. The maximum Gasteiger partial charge on any atom is 0.294 e. The number of Topliss-reactive ketones (excluding diaryl/α,β-unsaturated/α-hetero) is 1. The highest BCUT2D eigenvalue weighted by molar-refractivity contribution is 7.99. The smallest absolute Gasteiger partial charge is 0.294 e. The van der Waals surface area contributed by atoms with Crippen molar-refractivity contribution in [3.05, 3.63) is 52.1 Å². The van der Waals surface area contributed by atoms with E-state index < -0.39 is 5.56 Å². The van der Waals surface area contributed by atoms with Crippen LogP contribution in [-0.4, -0.2) is 31.4 Å². The lowest BCUT2D eigenvalue weighted by Gasteiger charge is -2.05. The predicted molar refractivity (Wildman–Crippen MR) is 84.5 cm³/mol. The van der Waals surface area contributed by atoms with Crippen LogP contribution < -0.4 is 11.4 Å². The fraction of sp³-hybridized carbons (Fsp3) is 0.143. The van der Waals surface area contributed by atoms with Gasteiger partial charge in [0.15, 0.2) is 5.78 Å². The number of ketones is 1. The Labute approximate surface area is 129 Å².